The van der Waals surface area contributed by atoms with Crippen LogP contribution >= 0.6 is 15.9 Å². The number of carbonyl (C=O) groups is 1. The van der Waals surface area contributed by atoms with E-state index in [9.17, 15) is 9.59 Å². The molecule has 1 heterocycles. The van der Waals surface area contributed by atoms with Crippen molar-refractivity contribution >= 4 is 27.7 Å². The van der Waals surface area contributed by atoms with Crippen LogP contribution in [0.25, 0.3) is 16.8 Å². The highest BCUT2D eigenvalue weighted by Gasteiger charge is 2.22. The van der Waals surface area contributed by atoms with Crippen molar-refractivity contribution in [3.63, 3.8) is 0 Å². The van der Waals surface area contributed by atoms with Gasteiger partial charge in [0.05, 0.1) is 18.4 Å². The molecule has 0 saturated heterocycles. The Morgan fingerprint density at radius 3 is 2.52 bits per heavy atom. The zero-order valence-electron chi connectivity index (χ0n) is 16.5. The number of aromatic nitrogens is 2. The number of methoxy groups -OCH3 is 1. The molecule has 0 fully saturated rings. The summed E-state index contributed by atoms with van der Waals surface area (Å²) >= 11 is 3.43. The van der Waals surface area contributed by atoms with E-state index in [0.717, 1.165) is 10.2 Å². The number of halogens is 1. The Balaban J connectivity index is 2.34. The molecule has 0 aliphatic rings. The quantitative estimate of drug-likeness (QED) is 0.583. The second-order valence-corrected chi connectivity index (χ2v) is 7.44. The van der Waals surface area contributed by atoms with Gasteiger partial charge < -0.3 is 10.1 Å². The van der Waals surface area contributed by atoms with Crippen LogP contribution in [0.15, 0.2) is 57.8 Å². The fraction of sp³-hybridized carbons (Fsp3) is 0.227. The maximum atomic E-state index is 13.1. The summed E-state index contributed by atoms with van der Waals surface area (Å²) in [6.45, 7) is 3.59. The molecule has 1 N–H and O–H groups in total. The number of nitrogens with zero attached hydrogens (tertiary/aromatic N) is 2. The number of hydrogen-bond acceptors (Lipinski definition) is 4. The molecular weight excluding hydrogens is 434 g/mol. The van der Waals surface area contributed by atoms with Crippen LogP contribution in [0.5, 0.6) is 5.75 Å². The highest BCUT2D eigenvalue weighted by Crippen LogP contribution is 2.33. The maximum Gasteiger partial charge on any atom is 0.225 e. The molecule has 0 aliphatic heterocycles. The minimum absolute atomic E-state index is 0.181. The molecule has 0 radical (unpaired) electrons. The van der Waals surface area contributed by atoms with Crippen molar-refractivity contribution in [1.82, 2.24) is 9.78 Å². The van der Waals surface area contributed by atoms with Crippen LogP contribution in [-0.4, -0.2) is 22.8 Å². The molecule has 6 nitrogen and oxygen atoms in total. The third-order valence-electron chi connectivity index (χ3n) is 4.44. The Morgan fingerprint density at radius 1 is 1.17 bits per heavy atom. The second kappa shape index (κ2) is 9.05. The summed E-state index contributed by atoms with van der Waals surface area (Å²) in [5.41, 5.74) is 1.74. The van der Waals surface area contributed by atoms with Crippen molar-refractivity contribution in [2.24, 2.45) is 0 Å². The number of aryl methyl sites for hydroxylation is 1. The maximum absolute atomic E-state index is 13.1. The summed E-state index contributed by atoms with van der Waals surface area (Å²) in [6, 6.07) is 14.7. The highest BCUT2D eigenvalue weighted by atomic mass is 79.9. The van der Waals surface area contributed by atoms with Gasteiger partial charge in [-0.05, 0) is 43.7 Å². The molecule has 0 bridgehead atoms. The Kier molecular flexibility index (Phi) is 6.49. The minimum Gasteiger partial charge on any atom is -0.496 e. The lowest BCUT2D eigenvalue weighted by molar-refractivity contribution is -0.116. The van der Waals surface area contributed by atoms with Crippen molar-refractivity contribution in [3.05, 3.63) is 68.9 Å². The molecule has 0 atom stereocenters. The zero-order chi connectivity index (χ0) is 21.0. The number of rotatable bonds is 6. The first-order valence-electron chi connectivity index (χ1n) is 9.29. The normalized spacial score (nSPS) is 10.6. The molecule has 1 amide bonds. The van der Waals surface area contributed by atoms with Gasteiger partial charge in [0.1, 0.15) is 17.3 Å². The van der Waals surface area contributed by atoms with E-state index in [0.29, 0.717) is 41.2 Å². The monoisotopic (exact) mass is 455 g/mol. The van der Waals surface area contributed by atoms with E-state index in [4.69, 9.17) is 4.74 Å². The van der Waals surface area contributed by atoms with Crippen LogP contribution in [0.4, 0.5) is 5.82 Å². The third-order valence-corrected chi connectivity index (χ3v) is 4.97. The van der Waals surface area contributed by atoms with Gasteiger partial charge in [-0.1, -0.05) is 41.1 Å². The summed E-state index contributed by atoms with van der Waals surface area (Å²) in [7, 11) is 1.55. The predicted molar refractivity (Wildman–Crippen MR) is 118 cm³/mol. The molecule has 0 unspecified atom stereocenters. The van der Waals surface area contributed by atoms with Crippen LogP contribution < -0.4 is 15.5 Å². The van der Waals surface area contributed by atoms with Crippen LogP contribution in [0.1, 0.15) is 25.5 Å². The van der Waals surface area contributed by atoms with Crippen LogP contribution in [0.3, 0.4) is 0 Å². The molecule has 3 rings (SSSR count). The first-order chi connectivity index (χ1) is 14.0. The Morgan fingerprint density at radius 2 is 1.86 bits per heavy atom. The van der Waals surface area contributed by atoms with Gasteiger partial charge in [0, 0.05) is 16.5 Å². The molecule has 1 aromatic heterocycles. The number of nitrogens with one attached hydrogen (secondary N) is 1. The third kappa shape index (κ3) is 4.40. The first kappa shape index (κ1) is 20.8. The van der Waals surface area contributed by atoms with Gasteiger partial charge >= 0.3 is 0 Å². The van der Waals surface area contributed by atoms with E-state index in [1.807, 2.05) is 43.3 Å². The van der Waals surface area contributed by atoms with Crippen molar-refractivity contribution in [2.45, 2.75) is 26.7 Å². The van der Waals surface area contributed by atoms with Crippen LogP contribution in [0.2, 0.25) is 0 Å². The molecule has 0 spiro atoms. The second-order valence-electron chi connectivity index (χ2n) is 6.52. The molecule has 29 heavy (non-hydrogen) atoms. The van der Waals surface area contributed by atoms with Gasteiger partial charge in [-0.25, -0.2) is 4.68 Å². The molecular formula is C22H22BrN3O3. The average Bonchev–Trinajstić information content (AvgIpc) is 2.72. The summed E-state index contributed by atoms with van der Waals surface area (Å²) in [5.74, 6) is 0.689. The van der Waals surface area contributed by atoms with E-state index >= 15 is 0 Å². The summed E-state index contributed by atoms with van der Waals surface area (Å²) in [4.78, 5) is 25.6. The van der Waals surface area contributed by atoms with Crippen molar-refractivity contribution < 1.29 is 9.53 Å². The number of carbonyl (C=O) groups excluding carboxylic acids is 1. The lowest BCUT2D eigenvalue weighted by Crippen LogP contribution is -2.24. The number of anilines is 1. The SMILES string of the molecule is CCCC(=O)Nc1c(-c2ccccc2OC)c(=O)c(C)nn1-c1ccc(Br)cc1. The number of hydrogen-bond donors (Lipinski definition) is 1. The zero-order valence-corrected chi connectivity index (χ0v) is 18.1. The highest BCUT2D eigenvalue weighted by molar-refractivity contribution is 9.10. The van der Waals surface area contributed by atoms with E-state index in [1.54, 1.807) is 30.8 Å². The van der Waals surface area contributed by atoms with E-state index in [-0.39, 0.29) is 11.3 Å². The van der Waals surface area contributed by atoms with E-state index < -0.39 is 0 Å². The Hall–Kier alpha value is -2.93. The van der Waals surface area contributed by atoms with Crippen LogP contribution in [0, 0.1) is 6.92 Å². The topological polar surface area (TPSA) is 73.2 Å². The fourth-order valence-electron chi connectivity index (χ4n) is 3.05. The average molecular weight is 456 g/mol. The van der Waals surface area contributed by atoms with Crippen molar-refractivity contribution in [3.8, 4) is 22.6 Å². The van der Waals surface area contributed by atoms with Crippen molar-refractivity contribution in [2.75, 3.05) is 12.4 Å². The molecule has 2 aromatic carbocycles. The molecule has 150 valence electrons. The molecule has 0 saturated carbocycles. The fourth-order valence-corrected chi connectivity index (χ4v) is 3.31. The number of benzene rings is 2. The Bertz CT molecular complexity index is 1090. The lowest BCUT2D eigenvalue weighted by Gasteiger charge is -2.19. The van der Waals surface area contributed by atoms with Crippen molar-refractivity contribution in [1.29, 1.82) is 0 Å². The molecule has 3 aromatic rings. The van der Waals surface area contributed by atoms with Gasteiger partial charge in [-0.2, -0.15) is 5.10 Å². The largest absolute Gasteiger partial charge is 0.496 e. The summed E-state index contributed by atoms with van der Waals surface area (Å²) < 4.78 is 7.99. The first-order valence-corrected chi connectivity index (χ1v) is 10.1. The number of ether oxygens (including phenoxy) is 1. The summed E-state index contributed by atoms with van der Waals surface area (Å²) in [6.07, 6.45) is 1.03. The molecule has 7 heteroatoms. The molecule has 0 aliphatic carbocycles. The number of amides is 1. The van der Waals surface area contributed by atoms with Gasteiger partial charge in [0.15, 0.2) is 0 Å². The minimum atomic E-state index is -0.255. The van der Waals surface area contributed by atoms with Gasteiger partial charge in [0.25, 0.3) is 0 Å². The van der Waals surface area contributed by atoms with Gasteiger partial charge in [0.2, 0.25) is 11.3 Å². The smallest absolute Gasteiger partial charge is 0.225 e. The number of para-hydroxylation sites is 1. The summed E-state index contributed by atoms with van der Waals surface area (Å²) in [5, 5.41) is 7.37. The standard InChI is InChI=1S/C22H22BrN3O3/c1-4-7-19(27)24-22-20(17-8-5-6-9-18(17)29-3)21(28)14(2)25-26(22)16-12-10-15(23)11-13-16/h5-6,8-13H,4,7H2,1-3H3,(H,24,27). The predicted octanol–water partition coefficient (Wildman–Crippen LogP) is 4.72. The van der Waals surface area contributed by atoms with Gasteiger partial charge in [-0.3, -0.25) is 9.59 Å². The lowest BCUT2D eigenvalue weighted by atomic mass is 10.0. The Labute approximate surface area is 177 Å². The van der Waals surface area contributed by atoms with Gasteiger partial charge in [-0.15, -0.1) is 0 Å². The van der Waals surface area contributed by atoms with E-state index in [1.165, 1.54) is 0 Å². The van der Waals surface area contributed by atoms with Crippen LogP contribution in [-0.2, 0) is 4.79 Å². The van der Waals surface area contributed by atoms with E-state index in [2.05, 4.69) is 26.3 Å².